The maximum absolute atomic E-state index is 5.80. The van der Waals surface area contributed by atoms with Gasteiger partial charge in [-0.05, 0) is 37.6 Å². The Morgan fingerprint density at radius 3 is 2.92 bits per heavy atom. The van der Waals surface area contributed by atoms with E-state index in [0.717, 1.165) is 16.3 Å². The number of ether oxygens (including phenoxy) is 1. The van der Waals surface area contributed by atoms with Crippen LogP contribution < -0.4 is 0 Å². The fourth-order valence-corrected chi connectivity index (χ4v) is 1.16. The van der Waals surface area contributed by atoms with Crippen molar-refractivity contribution < 1.29 is 4.74 Å². The quantitative estimate of drug-likeness (QED) is 0.538. The summed E-state index contributed by atoms with van der Waals surface area (Å²) in [5.74, 6) is 0. The number of benzene rings is 1. The van der Waals surface area contributed by atoms with E-state index < -0.39 is 0 Å². The molecule has 70 valence electrons. The molecule has 3 heteroatoms. The molecule has 0 atom stereocenters. The number of halogens is 1. The Balaban J connectivity index is 2.77. The highest BCUT2D eigenvalue weighted by atomic mass is 35.5. The van der Waals surface area contributed by atoms with E-state index in [1.807, 2.05) is 32.0 Å². The molecule has 0 unspecified atom stereocenters. The van der Waals surface area contributed by atoms with Gasteiger partial charge in [0.1, 0.15) is 0 Å². The lowest BCUT2D eigenvalue weighted by atomic mass is 10.2. The Morgan fingerprint density at radius 1 is 1.54 bits per heavy atom. The SMILES string of the molecule is CCOC=Nc1ccc(Cl)cc1C. The molecule has 0 saturated heterocycles. The predicted molar refractivity (Wildman–Crippen MR) is 56.0 cm³/mol. The van der Waals surface area contributed by atoms with Crippen molar-refractivity contribution in [2.75, 3.05) is 6.61 Å². The van der Waals surface area contributed by atoms with Crippen molar-refractivity contribution in [3.63, 3.8) is 0 Å². The average molecular weight is 198 g/mol. The highest BCUT2D eigenvalue weighted by Gasteiger charge is 1.95. The number of aliphatic imine (C=N–C) groups is 1. The Kier molecular flexibility index (Phi) is 3.77. The van der Waals surface area contributed by atoms with Gasteiger partial charge in [-0.25, -0.2) is 4.99 Å². The van der Waals surface area contributed by atoms with Crippen LogP contribution in [0.1, 0.15) is 12.5 Å². The minimum Gasteiger partial charge on any atom is -0.483 e. The van der Waals surface area contributed by atoms with Crippen molar-refractivity contribution in [1.82, 2.24) is 0 Å². The van der Waals surface area contributed by atoms with Crippen molar-refractivity contribution in [3.8, 4) is 0 Å². The molecule has 0 bridgehead atoms. The van der Waals surface area contributed by atoms with Gasteiger partial charge in [0, 0.05) is 5.02 Å². The van der Waals surface area contributed by atoms with Gasteiger partial charge in [-0.3, -0.25) is 0 Å². The second kappa shape index (κ2) is 4.87. The van der Waals surface area contributed by atoms with E-state index in [2.05, 4.69) is 4.99 Å². The zero-order chi connectivity index (χ0) is 9.68. The van der Waals surface area contributed by atoms with Crippen molar-refractivity contribution >= 4 is 23.7 Å². The summed E-state index contributed by atoms with van der Waals surface area (Å²) in [6.07, 6.45) is 1.45. The minimum absolute atomic E-state index is 0.635. The van der Waals surface area contributed by atoms with Crippen LogP contribution >= 0.6 is 11.6 Å². The van der Waals surface area contributed by atoms with Gasteiger partial charge in [-0.2, -0.15) is 0 Å². The van der Waals surface area contributed by atoms with Crippen LogP contribution in [0, 0.1) is 6.92 Å². The van der Waals surface area contributed by atoms with Crippen LogP contribution in [0.3, 0.4) is 0 Å². The van der Waals surface area contributed by atoms with Crippen molar-refractivity contribution in [2.24, 2.45) is 4.99 Å². The van der Waals surface area contributed by atoms with E-state index in [-0.39, 0.29) is 0 Å². The van der Waals surface area contributed by atoms with E-state index >= 15 is 0 Å². The first-order chi connectivity index (χ1) is 6.24. The van der Waals surface area contributed by atoms with Crippen LogP contribution in [-0.4, -0.2) is 13.0 Å². The second-order valence-corrected chi connectivity index (χ2v) is 3.06. The minimum atomic E-state index is 0.635. The van der Waals surface area contributed by atoms with Gasteiger partial charge in [0.25, 0.3) is 0 Å². The summed E-state index contributed by atoms with van der Waals surface area (Å²) in [5, 5.41) is 0.729. The van der Waals surface area contributed by atoms with Gasteiger partial charge in [0.05, 0.1) is 12.3 Å². The Labute approximate surface area is 83.2 Å². The van der Waals surface area contributed by atoms with Crippen molar-refractivity contribution in [1.29, 1.82) is 0 Å². The van der Waals surface area contributed by atoms with E-state index in [9.17, 15) is 0 Å². The maximum Gasteiger partial charge on any atom is 0.174 e. The zero-order valence-electron chi connectivity index (χ0n) is 7.75. The molecule has 0 amide bonds. The third-order valence-corrected chi connectivity index (χ3v) is 1.83. The van der Waals surface area contributed by atoms with Crippen LogP contribution in [0.15, 0.2) is 23.2 Å². The normalized spacial score (nSPS) is 10.7. The van der Waals surface area contributed by atoms with Crippen LogP contribution in [0.4, 0.5) is 5.69 Å². The first-order valence-corrected chi connectivity index (χ1v) is 4.52. The molecule has 0 aliphatic heterocycles. The molecule has 13 heavy (non-hydrogen) atoms. The average Bonchev–Trinajstić information content (AvgIpc) is 2.09. The second-order valence-electron chi connectivity index (χ2n) is 2.62. The molecular weight excluding hydrogens is 186 g/mol. The zero-order valence-corrected chi connectivity index (χ0v) is 8.51. The molecular formula is C10H12ClNO. The summed E-state index contributed by atoms with van der Waals surface area (Å²) in [5.41, 5.74) is 1.93. The van der Waals surface area contributed by atoms with Crippen LogP contribution in [-0.2, 0) is 4.74 Å². The summed E-state index contributed by atoms with van der Waals surface area (Å²) in [4.78, 5) is 4.13. The van der Waals surface area contributed by atoms with Gasteiger partial charge in [-0.15, -0.1) is 0 Å². The first-order valence-electron chi connectivity index (χ1n) is 4.14. The topological polar surface area (TPSA) is 21.6 Å². The number of rotatable bonds is 3. The van der Waals surface area contributed by atoms with E-state index in [1.165, 1.54) is 6.40 Å². The molecule has 0 fully saturated rings. The molecule has 0 aromatic heterocycles. The fourth-order valence-electron chi connectivity index (χ4n) is 0.932. The predicted octanol–water partition coefficient (Wildman–Crippen LogP) is 3.34. The fraction of sp³-hybridized carbons (Fsp3) is 0.300. The van der Waals surface area contributed by atoms with Gasteiger partial charge in [-0.1, -0.05) is 11.6 Å². The molecule has 2 nitrogen and oxygen atoms in total. The third-order valence-electron chi connectivity index (χ3n) is 1.59. The molecule has 1 rings (SSSR count). The van der Waals surface area contributed by atoms with Gasteiger partial charge in [0.15, 0.2) is 6.40 Å². The van der Waals surface area contributed by atoms with Gasteiger partial charge < -0.3 is 4.74 Å². The molecule has 0 heterocycles. The highest BCUT2D eigenvalue weighted by molar-refractivity contribution is 6.30. The molecule has 0 saturated carbocycles. The van der Waals surface area contributed by atoms with Crippen LogP contribution in [0.25, 0.3) is 0 Å². The lowest BCUT2D eigenvalue weighted by molar-refractivity contribution is 0.344. The van der Waals surface area contributed by atoms with Crippen LogP contribution in [0.2, 0.25) is 5.02 Å². The highest BCUT2D eigenvalue weighted by Crippen LogP contribution is 2.21. The molecule has 0 aliphatic carbocycles. The largest absolute Gasteiger partial charge is 0.483 e. The maximum atomic E-state index is 5.80. The molecule has 0 radical (unpaired) electrons. The summed E-state index contributed by atoms with van der Waals surface area (Å²) in [6.45, 7) is 4.52. The van der Waals surface area contributed by atoms with E-state index in [1.54, 1.807) is 0 Å². The molecule has 1 aromatic carbocycles. The van der Waals surface area contributed by atoms with Crippen molar-refractivity contribution in [3.05, 3.63) is 28.8 Å². The monoisotopic (exact) mass is 197 g/mol. The number of hydrogen-bond acceptors (Lipinski definition) is 2. The summed E-state index contributed by atoms with van der Waals surface area (Å²) >= 11 is 5.80. The summed E-state index contributed by atoms with van der Waals surface area (Å²) in [6, 6.07) is 5.56. The molecule has 1 aromatic rings. The standard InChI is InChI=1S/C10H12ClNO/c1-3-13-7-12-10-5-4-9(11)6-8(10)2/h4-7H,3H2,1-2H3. The Hall–Kier alpha value is -1.02. The lowest BCUT2D eigenvalue weighted by Crippen LogP contribution is -1.84. The van der Waals surface area contributed by atoms with E-state index in [4.69, 9.17) is 16.3 Å². The van der Waals surface area contributed by atoms with Crippen LogP contribution in [0.5, 0.6) is 0 Å². The van der Waals surface area contributed by atoms with Crippen molar-refractivity contribution in [2.45, 2.75) is 13.8 Å². The number of nitrogens with zero attached hydrogens (tertiary/aromatic N) is 1. The van der Waals surface area contributed by atoms with Gasteiger partial charge in [0.2, 0.25) is 0 Å². The van der Waals surface area contributed by atoms with Gasteiger partial charge >= 0.3 is 0 Å². The molecule has 0 spiro atoms. The summed E-state index contributed by atoms with van der Waals surface area (Å²) < 4.78 is 5.00. The van der Waals surface area contributed by atoms with E-state index in [0.29, 0.717) is 6.61 Å². The number of aryl methyl sites for hydroxylation is 1. The lowest BCUT2D eigenvalue weighted by Gasteiger charge is -1.99. The summed E-state index contributed by atoms with van der Waals surface area (Å²) in [7, 11) is 0. The first kappa shape index (κ1) is 10.1. The number of hydrogen-bond donors (Lipinski definition) is 0. The smallest absolute Gasteiger partial charge is 0.174 e. The Bertz CT molecular complexity index is 310. The molecule has 0 N–H and O–H groups in total. The molecule has 0 aliphatic rings. The third kappa shape index (κ3) is 3.07. The Morgan fingerprint density at radius 2 is 2.31 bits per heavy atom.